The Kier molecular flexibility index (Phi) is 3.99. The minimum absolute atomic E-state index is 0.200. The van der Waals surface area contributed by atoms with Crippen LogP contribution in [0.2, 0.25) is 0 Å². The lowest BCUT2D eigenvalue weighted by atomic mass is 10.0. The Labute approximate surface area is 104 Å². The van der Waals surface area contributed by atoms with Gasteiger partial charge in [0.15, 0.2) is 0 Å². The molecule has 2 rings (SSSR count). The third-order valence-electron chi connectivity index (χ3n) is 2.56. The molecule has 0 aliphatic carbocycles. The van der Waals surface area contributed by atoms with Crippen LogP contribution < -0.4 is 0 Å². The Morgan fingerprint density at radius 3 is 2.39 bits per heavy atom. The number of nitrogens with zero attached hydrogens (tertiary/aromatic N) is 1. The van der Waals surface area contributed by atoms with Gasteiger partial charge in [-0.15, -0.1) is 0 Å². The first-order valence-electron chi connectivity index (χ1n) is 5.66. The van der Waals surface area contributed by atoms with E-state index >= 15 is 0 Å². The van der Waals surface area contributed by atoms with Gasteiger partial charge in [-0.05, 0) is 36.2 Å². The molecule has 1 aromatic heterocycles. The highest BCUT2D eigenvalue weighted by Gasteiger charge is 2.09. The zero-order chi connectivity index (χ0) is 13.0. The van der Waals surface area contributed by atoms with E-state index < -0.39 is 17.7 Å². The predicted molar refractivity (Wildman–Crippen MR) is 64.0 cm³/mol. The van der Waals surface area contributed by atoms with Gasteiger partial charge in [-0.25, -0.2) is 8.78 Å². The van der Waals surface area contributed by atoms with E-state index in [1.54, 1.807) is 18.3 Å². The van der Waals surface area contributed by atoms with Gasteiger partial charge in [-0.1, -0.05) is 6.07 Å². The molecule has 0 saturated carbocycles. The third kappa shape index (κ3) is 3.60. The van der Waals surface area contributed by atoms with Crippen molar-refractivity contribution < 1.29 is 13.9 Å². The number of rotatable bonds is 4. The maximum absolute atomic E-state index is 13.0. The number of pyridine rings is 1. The van der Waals surface area contributed by atoms with Gasteiger partial charge >= 0.3 is 0 Å². The minimum Gasteiger partial charge on any atom is -0.392 e. The predicted octanol–water partition coefficient (Wildman–Crippen LogP) is 2.51. The van der Waals surface area contributed by atoms with Crippen LogP contribution in [0.5, 0.6) is 0 Å². The number of aliphatic hydroxyl groups excluding tert-OH is 1. The fourth-order valence-electron chi connectivity index (χ4n) is 1.83. The molecule has 2 aromatic rings. The highest BCUT2D eigenvalue weighted by atomic mass is 19.1. The first kappa shape index (κ1) is 12.6. The molecule has 0 aliphatic heterocycles. The second kappa shape index (κ2) is 5.69. The van der Waals surface area contributed by atoms with Crippen LogP contribution in [0, 0.1) is 11.6 Å². The highest BCUT2D eigenvalue weighted by Crippen LogP contribution is 2.12. The molecule has 0 spiro atoms. The maximum Gasteiger partial charge on any atom is 0.126 e. The van der Waals surface area contributed by atoms with Crippen molar-refractivity contribution in [2.45, 2.75) is 18.9 Å². The molecule has 1 atom stereocenters. The summed E-state index contributed by atoms with van der Waals surface area (Å²) in [5, 5.41) is 9.85. The van der Waals surface area contributed by atoms with Crippen molar-refractivity contribution in [3.05, 3.63) is 65.5 Å². The van der Waals surface area contributed by atoms with Gasteiger partial charge in [0.2, 0.25) is 0 Å². The molecule has 0 bridgehead atoms. The monoisotopic (exact) mass is 249 g/mol. The van der Waals surface area contributed by atoms with Gasteiger partial charge in [-0.2, -0.15) is 0 Å². The summed E-state index contributed by atoms with van der Waals surface area (Å²) in [7, 11) is 0. The number of halogens is 2. The molecule has 0 saturated heterocycles. The summed E-state index contributed by atoms with van der Waals surface area (Å²) in [6.07, 6.45) is 1.50. The summed E-state index contributed by atoms with van der Waals surface area (Å²) < 4.78 is 25.9. The average Bonchev–Trinajstić information content (AvgIpc) is 2.28. The first-order chi connectivity index (χ1) is 8.63. The van der Waals surface area contributed by atoms with Crippen LogP contribution in [0.3, 0.4) is 0 Å². The summed E-state index contributed by atoms with van der Waals surface area (Å²) in [4.78, 5) is 4.09. The van der Waals surface area contributed by atoms with Crippen molar-refractivity contribution in [2.24, 2.45) is 0 Å². The maximum atomic E-state index is 13.0. The summed E-state index contributed by atoms with van der Waals surface area (Å²) in [6.45, 7) is 0. The van der Waals surface area contributed by atoms with Gasteiger partial charge < -0.3 is 5.11 Å². The zero-order valence-corrected chi connectivity index (χ0v) is 9.68. The summed E-state index contributed by atoms with van der Waals surface area (Å²) in [5.41, 5.74) is 1.19. The van der Waals surface area contributed by atoms with Crippen LogP contribution in [-0.2, 0) is 12.8 Å². The Bertz CT molecular complexity index is 496. The molecule has 1 aromatic carbocycles. The van der Waals surface area contributed by atoms with Crippen LogP contribution in [0.15, 0.2) is 42.6 Å². The van der Waals surface area contributed by atoms with E-state index in [1.807, 2.05) is 6.07 Å². The fraction of sp³-hybridized carbons (Fsp3) is 0.214. The summed E-state index contributed by atoms with van der Waals surface area (Å²) >= 11 is 0. The number of aromatic nitrogens is 1. The molecule has 1 unspecified atom stereocenters. The fourth-order valence-corrected chi connectivity index (χ4v) is 1.83. The molecule has 1 N–H and O–H groups in total. The molecule has 4 heteroatoms. The lowest BCUT2D eigenvalue weighted by Crippen LogP contribution is -2.15. The molecule has 0 fully saturated rings. The Morgan fingerprint density at radius 1 is 1.06 bits per heavy atom. The Morgan fingerprint density at radius 2 is 1.78 bits per heavy atom. The normalized spacial score (nSPS) is 12.4. The van der Waals surface area contributed by atoms with Crippen LogP contribution in [0.1, 0.15) is 11.3 Å². The van der Waals surface area contributed by atoms with Crippen molar-refractivity contribution in [3.8, 4) is 0 Å². The summed E-state index contributed by atoms with van der Waals surface area (Å²) in [5.74, 6) is -1.26. The lowest BCUT2D eigenvalue weighted by Gasteiger charge is -2.10. The molecule has 0 radical (unpaired) electrons. The van der Waals surface area contributed by atoms with Crippen molar-refractivity contribution in [2.75, 3.05) is 0 Å². The van der Waals surface area contributed by atoms with Gasteiger partial charge in [0.05, 0.1) is 6.10 Å². The standard InChI is InChI=1S/C14H13F2NO/c15-11-5-10(6-12(16)8-11)7-14(18)9-13-3-1-2-4-17-13/h1-6,8,14,18H,7,9H2. The van der Waals surface area contributed by atoms with E-state index in [4.69, 9.17) is 0 Å². The largest absolute Gasteiger partial charge is 0.392 e. The number of aliphatic hydroxyl groups is 1. The molecule has 0 amide bonds. The second-order valence-electron chi connectivity index (χ2n) is 4.16. The van der Waals surface area contributed by atoms with Gasteiger partial charge in [0.1, 0.15) is 11.6 Å². The zero-order valence-electron chi connectivity index (χ0n) is 9.68. The Hall–Kier alpha value is -1.81. The molecular formula is C14H13F2NO. The van der Waals surface area contributed by atoms with Crippen LogP contribution in [0.4, 0.5) is 8.78 Å². The van der Waals surface area contributed by atoms with E-state index in [0.717, 1.165) is 11.8 Å². The topological polar surface area (TPSA) is 33.1 Å². The van der Waals surface area contributed by atoms with Crippen molar-refractivity contribution in [1.82, 2.24) is 4.98 Å². The second-order valence-corrected chi connectivity index (χ2v) is 4.16. The van der Waals surface area contributed by atoms with Crippen molar-refractivity contribution in [3.63, 3.8) is 0 Å². The highest BCUT2D eigenvalue weighted by molar-refractivity contribution is 5.19. The molecule has 2 nitrogen and oxygen atoms in total. The molecular weight excluding hydrogens is 236 g/mol. The van der Waals surface area contributed by atoms with Crippen molar-refractivity contribution >= 4 is 0 Å². The Balaban J connectivity index is 2.01. The van der Waals surface area contributed by atoms with E-state index in [2.05, 4.69) is 4.98 Å². The van der Waals surface area contributed by atoms with Crippen LogP contribution in [0.25, 0.3) is 0 Å². The van der Waals surface area contributed by atoms with Crippen molar-refractivity contribution in [1.29, 1.82) is 0 Å². The van der Waals surface area contributed by atoms with Crippen LogP contribution >= 0.6 is 0 Å². The molecule has 0 aliphatic rings. The molecule has 18 heavy (non-hydrogen) atoms. The third-order valence-corrected chi connectivity index (χ3v) is 2.56. The SMILES string of the molecule is OC(Cc1cc(F)cc(F)c1)Cc1ccccn1. The number of hydrogen-bond acceptors (Lipinski definition) is 2. The minimum atomic E-state index is -0.707. The lowest BCUT2D eigenvalue weighted by molar-refractivity contribution is 0.174. The van der Waals surface area contributed by atoms with Gasteiger partial charge in [0, 0.05) is 24.4 Å². The number of hydrogen-bond donors (Lipinski definition) is 1. The first-order valence-corrected chi connectivity index (χ1v) is 5.66. The summed E-state index contributed by atoms with van der Waals surface area (Å²) in [6, 6.07) is 8.69. The van der Waals surface area contributed by atoms with Gasteiger partial charge in [-0.3, -0.25) is 4.98 Å². The van der Waals surface area contributed by atoms with Gasteiger partial charge in [0.25, 0.3) is 0 Å². The van der Waals surface area contributed by atoms with E-state index in [1.165, 1.54) is 12.1 Å². The quantitative estimate of drug-likeness (QED) is 0.903. The molecule has 94 valence electrons. The molecule has 1 heterocycles. The number of benzene rings is 1. The van der Waals surface area contributed by atoms with Crippen LogP contribution in [-0.4, -0.2) is 16.2 Å². The smallest absolute Gasteiger partial charge is 0.126 e. The average molecular weight is 249 g/mol. The van der Waals surface area contributed by atoms with E-state index in [-0.39, 0.29) is 6.42 Å². The van der Waals surface area contributed by atoms with E-state index in [9.17, 15) is 13.9 Å². The van der Waals surface area contributed by atoms with E-state index in [0.29, 0.717) is 12.0 Å².